The molecule has 3 N–H and O–H groups in total. The second-order valence-corrected chi connectivity index (χ2v) is 5.07. The predicted molar refractivity (Wildman–Crippen MR) is 78.2 cm³/mol. The molecule has 0 spiro atoms. The van der Waals surface area contributed by atoms with Crippen molar-refractivity contribution in [3.05, 3.63) is 59.3 Å². The van der Waals surface area contributed by atoms with Crippen LogP contribution in [0.15, 0.2) is 41.0 Å². The van der Waals surface area contributed by atoms with Crippen LogP contribution in [0.3, 0.4) is 0 Å². The van der Waals surface area contributed by atoms with Crippen LogP contribution in [-0.4, -0.2) is 11.9 Å². The van der Waals surface area contributed by atoms with E-state index in [4.69, 9.17) is 10.2 Å². The van der Waals surface area contributed by atoms with E-state index in [1.54, 1.807) is 12.3 Å². The first kappa shape index (κ1) is 15.3. The fourth-order valence-corrected chi connectivity index (χ4v) is 2.04. The molecule has 1 heterocycles. The minimum Gasteiger partial charge on any atom is -0.469 e. The molecule has 5 heteroatoms. The minimum absolute atomic E-state index is 0.183. The maximum Gasteiger partial charge on any atom is 0.248 e. The third-order valence-corrected chi connectivity index (χ3v) is 3.38. The van der Waals surface area contributed by atoms with Gasteiger partial charge in [-0.3, -0.25) is 4.79 Å². The number of hydrogen-bond donors (Lipinski definition) is 2. The zero-order valence-corrected chi connectivity index (χ0v) is 11.9. The van der Waals surface area contributed by atoms with Gasteiger partial charge in [0.15, 0.2) is 0 Å². The Morgan fingerprint density at radius 3 is 2.86 bits per heavy atom. The number of carbonyl (C=O) groups excluding carboxylic acids is 1. The molecule has 1 aromatic carbocycles. The van der Waals surface area contributed by atoms with E-state index in [1.807, 2.05) is 19.1 Å². The van der Waals surface area contributed by atoms with E-state index >= 15 is 0 Å². The molecule has 0 saturated carbocycles. The van der Waals surface area contributed by atoms with Crippen LogP contribution in [0.5, 0.6) is 0 Å². The SMILES string of the molecule is CC(CCc1ccco1)NCc1ccc(C(N)=O)cc1F. The van der Waals surface area contributed by atoms with E-state index in [-0.39, 0.29) is 11.6 Å². The minimum atomic E-state index is -0.625. The number of rotatable bonds is 7. The molecule has 1 amide bonds. The number of hydrogen-bond acceptors (Lipinski definition) is 3. The van der Waals surface area contributed by atoms with Gasteiger partial charge in [0.1, 0.15) is 11.6 Å². The Kier molecular flexibility index (Phi) is 5.11. The molecule has 0 saturated heterocycles. The van der Waals surface area contributed by atoms with E-state index in [0.29, 0.717) is 12.1 Å². The largest absolute Gasteiger partial charge is 0.469 e. The maximum atomic E-state index is 13.8. The number of benzene rings is 1. The molecule has 0 aliphatic heterocycles. The highest BCUT2D eigenvalue weighted by Crippen LogP contribution is 2.11. The van der Waals surface area contributed by atoms with Gasteiger partial charge in [-0.05, 0) is 37.6 Å². The van der Waals surface area contributed by atoms with Crippen LogP contribution in [0, 0.1) is 5.82 Å². The van der Waals surface area contributed by atoms with Crippen molar-refractivity contribution in [1.82, 2.24) is 5.32 Å². The average Bonchev–Trinajstić information content (AvgIpc) is 2.97. The predicted octanol–water partition coefficient (Wildman–Crippen LogP) is 2.63. The van der Waals surface area contributed by atoms with Crippen molar-refractivity contribution in [2.45, 2.75) is 32.4 Å². The van der Waals surface area contributed by atoms with Gasteiger partial charge in [0.05, 0.1) is 6.26 Å². The Labute approximate surface area is 123 Å². The molecular weight excluding hydrogens is 271 g/mol. The number of carbonyl (C=O) groups is 1. The second kappa shape index (κ2) is 7.04. The zero-order chi connectivity index (χ0) is 15.2. The van der Waals surface area contributed by atoms with Crippen LogP contribution in [-0.2, 0) is 13.0 Å². The van der Waals surface area contributed by atoms with Gasteiger partial charge in [-0.25, -0.2) is 4.39 Å². The summed E-state index contributed by atoms with van der Waals surface area (Å²) in [5.41, 5.74) is 5.81. The van der Waals surface area contributed by atoms with Crippen molar-refractivity contribution < 1.29 is 13.6 Å². The molecule has 21 heavy (non-hydrogen) atoms. The molecule has 1 unspecified atom stereocenters. The van der Waals surface area contributed by atoms with E-state index in [9.17, 15) is 9.18 Å². The first-order valence-corrected chi connectivity index (χ1v) is 6.90. The van der Waals surface area contributed by atoms with Gasteiger partial charge in [-0.15, -0.1) is 0 Å². The summed E-state index contributed by atoms with van der Waals surface area (Å²) in [7, 11) is 0. The van der Waals surface area contributed by atoms with Gasteiger partial charge in [-0.1, -0.05) is 6.07 Å². The smallest absolute Gasteiger partial charge is 0.248 e. The van der Waals surface area contributed by atoms with Crippen LogP contribution in [0.4, 0.5) is 4.39 Å². The van der Waals surface area contributed by atoms with Crippen molar-refractivity contribution >= 4 is 5.91 Å². The summed E-state index contributed by atoms with van der Waals surface area (Å²) in [6.45, 7) is 2.45. The molecule has 0 radical (unpaired) electrons. The summed E-state index contributed by atoms with van der Waals surface area (Å²) in [5.74, 6) is -0.0992. The summed E-state index contributed by atoms with van der Waals surface area (Å²) in [6, 6.07) is 8.33. The topological polar surface area (TPSA) is 68.3 Å². The fourth-order valence-electron chi connectivity index (χ4n) is 2.04. The maximum absolute atomic E-state index is 13.8. The first-order valence-electron chi connectivity index (χ1n) is 6.90. The summed E-state index contributed by atoms with van der Waals surface area (Å²) < 4.78 is 19.1. The summed E-state index contributed by atoms with van der Waals surface area (Å²) in [5, 5.41) is 3.25. The highest BCUT2D eigenvalue weighted by atomic mass is 19.1. The van der Waals surface area contributed by atoms with Crippen LogP contribution < -0.4 is 11.1 Å². The molecule has 2 aromatic rings. The van der Waals surface area contributed by atoms with Crippen molar-refractivity contribution in [1.29, 1.82) is 0 Å². The van der Waals surface area contributed by atoms with Crippen LogP contribution >= 0.6 is 0 Å². The molecule has 0 aliphatic carbocycles. The lowest BCUT2D eigenvalue weighted by atomic mass is 10.1. The standard InChI is InChI=1S/C16H19FN2O2/c1-11(4-7-14-3-2-8-21-14)19-10-13-6-5-12(16(18)20)9-15(13)17/h2-3,5-6,8-9,11,19H,4,7,10H2,1H3,(H2,18,20). The Hall–Kier alpha value is -2.14. The molecule has 0 fully saturated rings. The Balaban J connectivity index is 1.83. The van der Waals surface area contributed by atoms with Crippen molar-refractivity contribution in [3.63, 3.8) is 0 Å². The van der Waals surface area contributed by atoms with E-state index in [0.717, 1.165) is 18.6 Å². The van der Waals surface area contributed by atoms with Gasteiger partial charge >= 0.3 is 0 Å². The Morgan fingerprint density at radius 2 is 2.24 bits per heavy atom. The van der Waals surface area contributed by atoms with Gasteiger partial charge in [0.2, 0.25) is 5.91 Å². The molecule has 0 bridgehead atoms. The van der Waals surface area contributed by atoms with E-state index in [1.165, 1.54) is 12.1 Å². The number of aryl methyl sites for hydroxylation is 1. The lowest BCUT2D eigenvalue weighted by molar-refractivity contribution is 0.1000. The monoisotopic (exact) mass is 290 g/mol. The molecule has 2 rings (SSSR count). The fraction of sp³-hybridized carbons (Fsp3) is 0.312. The quantitative estimate of drug-likeness (QED) is 0.823. The zero-order valence-electron chi connectivity index (χ0n) is 11.9. The molecule has 1 atom stereocenters. The molecule has 4 nitrogen and oxygen atoms in total. The number of primary amides is 1. The van der Waals surface area contributed by atoms with Crippen molar-refractivity contribution in [2.24, 2.45) is 5.73 Å². The Bertz CT molecular complexity index is 596. The number of amides is 1. The third-order valence-electron chi connectivity index (χ3n) is 3.38. The number of halogens is 1. The molecule has 1 aromatic heterocycles. The van der Waals surface area contributed by atoms with Crippen molar-refractivity contribution in [2.75, 3.05) is 0 Å². The van der Waals surface area contributed by atoms with Crippen LogP contribution in [0.2, 0.25) is 0 Å². The van der Waals surface area contributed by atoms with Crippen LogP contribution in [0.1, 0.15) is 35.0 Å². The highest BCUT2D eigenvalue weighted by Gasteiger charge is 2.09. The number of furan rings is 1. The lowest BCUT2D eigenvalue weighted by Gasteiger charge is -2.13. The molecule has 112 valence electrons. The van der Waals surface area contributed by atoms with Gasteiger partial charge in [0, 0.05) is 30.1 Å². The summed E-state index contributed by atoms with van der Waals surface area (Å²) in [6.07, 6.45) is 3.39. The van der Waals surface area contributed by atoms with E-state index < -0.39 is 11.7 Å². The van der Waals surface area contributed by atoms with Gasteiger partial charge < -0.3 is 15.5 Å². The average molecular weight is 290 g/mol. The van der Waals surface area contributed by atoms with Gasteiger partial charge in [-0.2, -0.15) is 0 Å². The molecule has 0 aliphatic rings. The van der Waals surface area contributed by atoms with Gasteiger partial charge in [0.25, 0.3) is 0 Å². The van der Waals surface area contributed by atoms with E-state index in [2.05, 4.69) is 5.32 Å². The second-order valence-electron chi connectivity index (χ2n) is 5.07. The molecular formula is C16H19FN2O2. The lowest BCUT2D eigenvalue weighted by Crippen LogP contribution is -2.26. The first-order chi connectivity index (χ1) is 10.1. The normalized spacial score (nSPS) is 12.3. The Morgan fingerprint density at radius 1 is 1.43 bits per heavy atom. The number of nitrogens with two attached hydrogens (primary N) is 1. The summed E-state index contributed by atoms with van der Waals surface area (Å²) >= 11 is 0. The number of nitrogens with one attached hydrogen (secondary N) is 1. The van der Waals surface area contributed by atoms with Crippen LogP contribution in [0.25, 0.3) is 0 Å². The summed E-state index contributed by atoms with van der Waals surface area (Å²) in [4.78, 5) is 11.0. The third kappa shape index (κ3) is 4.43. The highest BCUT2D eigenvalue weighted by molar-refractivity contribution is 5.92. The van der Waals surface area contributed by atoms with Crippen molar-refractivity contribution in [3.8, 4) is 0 Å².